The minimum atomic E-state index is -1.13. The zero-order chi connectivity index (χ0) is 17.0. The summed E-state index contributed by atoms with van der Waals surface area (Å²) in [7, 11) is 0. The molecule has 23 heavy (non-hydrogen) atoms. The highest BCUT2D eigenvalue weighted by Crippen LogP contribution is 2.21. The van der Waals surface area contributed by atoms with E-state index in [1.807, 2.05) is 0 Å². The molecule has 1 N–H and O–H groups in total. The van der Waals surface area contributed by atoms with Gasteiger partial charge in [0, 0.05) is 19.3 Å². The molecule has 0 radical (unpaired) electrons. The van der Waals surface area contributed by atoms with E-state index in [1.54, 1.807) is 18.7 Å². The maximum atomic E-state index is 12.6. The van der Waals surface area contributed by atoms with Gasteiger partial charge in [0.15, 0.2) is 0 Å². The Labute approximate surface area is 134 Å². The summed E-state index contributed by atoms with van der Waals surface area (Å²) >= 11 is 0. The van der Waals surface area contributed by atoms with E-state index in [2.05, 4.69) is 5.10 Å². The lowest BCUT2D eigenvalue weighted by atomic mass is 9.97. The van der Waals surface area contributed by atoms with Crippen LogP contribution in [0.3, 0.4) is 0 Å². The Kier molecular flexibility index (Phi) is 5.36. The first-order valence-corrected chi connectivity index (χ1v) is 7.68. The highest BCUT2D eigenvalue weighted by atomic mass is 16.5. The van der Waals surface area contributed by atoms with Crippen molar-refractivity contribution in [2.45, 2.75) is 32.7 Å². The summed E-state index contributed by atoms with van der Waals surface area (Å²) in [5.41, 5.74) is -0.0372. The molecule has 1 saturated heterocycles. The van der Waals surface area contributed by atoms with Crippen molar-refractivity contribution in [1.29, 1.82) is 0 Å². The molecule has 126 valence electrons. The first kappa shape index (κ1) is 17.0. The summed E-state index contributed by atoms with van der Waals surface area (Å²) in [6.07, 6.45) is 2.76. The number of aromatic carboxylic acids is 1. The van der Waals surface area contributed by atoms with Gasteiger partial charge in [-0.15, -0.1) is 0 Å². The first-order valence-electron chi connectivity index (χ1n) is 7.68. The third-order valence-corrected chi connectivity index (χ3v) is 3.97. The van der Waals surface area contributed by atoms with Gasteiger partial charge in [-0.25, -0.2) is 9.48 Å². The maximum absolute atomic E-state index is 12.6. The number of hydrogen-bond acceptors (Lipinski definition) is 5. The molecule has 8 heteroatoms. The summed E-state index contributed by atoms with van der Waals surface area (Å²) in [5.74, 6) is -1.99. The van der Waals surface area contributed by atoms with E-state index >= 15 is 0 Å². The lowest BCUT2D eigenvalue weighted by molar-refractivity contribution is -0.151. The topological polar surface area (TPSA) is 102 Å². The Bertz CT molecular complexity index is 598. The third-order valence-electron chi connectivity index (χ3n) is 3.97. The quantitative estimate of drug-likeness (QED) is 0.809. The molecule has 1 aliphatic heterocycles. The van der Waals surface area contributed by atoms with Gasteiger partial charge in [0.2, 0.25) is 5.91 Å². The molecule has 1 amide bonds. The van der Waals surface area contributed by atoms with Crippen LogP contribution in [0.1, 0.15) is 43.2 Å². The molecule has 2 heterocycles. The van der Waals surface area contributed by atoms with Gasteiger partial charge in [0.05, 0.1) is 12.5 Å². The van der Waals surface area contributed by atoms with Crippen LogP contribution in [0, 0.1) is 5.92 Å². The fourth-order valence-corrected chi connectivity index (χ4v) is 2.79. The molecule has 2 atom stereocenters. The summed E-state index contributed by atoms with van der Waals surface area (Å²) in [5, 5.41) is 13.1. The van der Waals surface area contributed by atoms with Crippen molar-refractivity contribution >= 4 is 17.8 Å². The number of nitrogens with zero attached hydrogens (tertiary/aromatic N) is 3. The number of ether oxygens (including phenoxy) is 1. The third kappa shape index (κ3) is 3.69. The molecule has 0 aliphatic carbocycles. The Morgan fingerprint density at radius 2 is 2.22 bits per heavy atom. The van der Waals surface area contributed by atoms with E-state index in [0.29, 0.717) is 32.5 Å². The number of carboxylic acid groups (broad SMARTS) is 1. The molecular formula is C15H21N3O5. The number of esters is 1. The second-order valence-electron chi connectivity index (χ2n) is 5.52. The molecule has 1 aromatic heterocycles. The van der Waals surface area contributed by atoms with E-state index in [0.717, 1.165) is 0 Å². The van der Waals surface area contributed by atoms with E-state index in [9.17, 15) is 14.4 Å². The van der Waals surface area contributed by atoms with Crippen LogP contribution >= 0.6 is 0 Å². The second kappa shape index (κ2) is 7.26. The van der Waals surface area contributed by atoms with Crippen LogP contribution in [0.15, 0.2) is 12.3 Å². The molecule has 0 aromatic carbocycles. The maximum Gasteiger partial charge on any atom is 0.354 e. The largest absolute Gasteiger partial charge is 0.477 e. The Balaban J connectivity index is 2.08. The summed E-state index contributed by atoms with van der Waals surface area (Å²) in [6, 6.07) is 0.612. The molecule has 0 saturated carbocycles. The summed E-state index contributed by atoms with van der Waals surface area (Å²) in [6.45, 7) is 4.51. The van der Waals surface area contributed by atoms with Gasteiger partial charge in [-0.3, -0.25) is 9.59 Å². The summed E-state index contributed by atoms with van der Waals surface area (Å²) in [4.78, 5) is 37.2. The molecule has 2 unspecified atom stereocenters. The van der Waals surface area contributed by atoms with Gasteiger partial charge >= 0.3 is 11.9 Å². The number of carboxylic acids is 1. The van der Waals surface area contributed by atoms with E-state index in [-0.39, 0.29) is 23.5 Å². The number of carbonyl (C=O) groups excluding carboxylic acids is 2. The molecule has 1 aromatic rings. The number of piperidine rings is 1. The minimum Gasteiger partial charge on any atom is -0.477 e. The van der Waals surface area contributed by atoms with Crippen molar-refractivity contribution in [3.8, 4) is 0 Å². The molecule has 0 bridgehead atoms. The first-order chi connectivity index (χ1) is 11.0. The molecular weight excluding hydrogens is 302 g/mol. The normalized spacial score (nSPS) is 19.2. The van der Waals surface area contributed by atoms with Crippen molar-refractivity contribution in [3.63, 3.8) is 0 Å². The number of amides is 1. The number of rotatable bonds is 5. The van der Waals surface area contributed by atoms with Gasteiger partial charge in [-0.1, -0.05) is 0 Å². The minimum absolute atomic E-state index is 0.0372. The van der Waals surface area contributed by atoms with E-state index < -0.39 is 12.0 Å². The van der Waals surface area contributed by atoms with Gasteiger partial charge in [-0.05, 0) is 32.8 Å². The molecule has 1 fully saturated rings. The van der Waals surface area contributed by atoms with Gasteiger partial charge in [0.25, 0.3) is 0 Å². The predicted octanol–water partition coefficient (Wildman–Crippen LogP) is 0.944. The SMILES string of the molecule is CCOC(=O)C1CCCN(C(=O)C(C)n2nccc2C(=O)O)C1. The lowest BCUT2D eigenvalue weighted by Crippen LogP contribution is -2.45. The zero-order valence-corrected chi connectivity index (χ0v) is 13.3. The Hall–Kier alpha value is -2.38. The highest BCUT2D eigenvalue weighted by molar-refractivity contribution is 5.87. The van der Waals surface area contributed by atoms with Crippen molar-refractivity contribution in [2.75, 3.05) is 19.7 Å². The molecule has 0 spiro atoms. The van der Waals surface area contributed by atoms with Crippen LogP contribution in [0.2, 0.25) is 0 Å². The fraction of sp³-hybridized carbons (Fsp3) is 0.600. The van der Waals surface area contributed by atoms with Crippen LogP contribution < -0.4 is 0 Å². The Morgan fingerprint density at radius 1 is 1.48 bits per heavy atom. The van der Waals surface area contributed by atoms with Gasteiger partial charge < -0.3 is 14.7 Å². The average Bonchev–Trinajstić information content (AvgIpc) is 3.03. The monoisotopic (exact) mass is 323 g/mol. The summed E-state index contributed by atoms with van der Waals surface area (Å²) < 4.78 is 6.21. The van der Waals surface area contributed by atoms with E-state index in [4.69, 9.17) is 9.84 Å². The Morgan fingerprint density at radius 3 is 2.87 bits per heavy atom. The number of aromatic nitrogens is 2. The van der Waals surface area contributed by atoms with Crippen molar-refractivity contribution in [2.24, 2.45) is 5.92 Å². The number of likely N-dealkylation sites (tertiary alicyclic amines) is 1. The average molecular weight is 323 g/mol. The van der Waals surface area contributed by atoms with Crippen molar-refractivity contribution in [1.82, 2.24) is 14.7 Å². The van der Waals surface area contributed by atoms with E-state index in [1.165, 1.54) is 16.9 Å². The predicted molar refractivity (Wildman–Crippen MR) is 79.8 cm³/mol. The number of hydrogen-bond donors (Lipinski definition) is 1. The molecule has 1 aliphatic rings. The van der Waals surface area contributed by atoms with Crippen molar-refractivity contribution in [3.05, 3.63) is 18.0 Å². The zero-order valence-electron chi connectivity index (χ0n) is 13.3. The lowest BCUT2D eigenvalue weighted by Gasteiger charge is -2.33. The standard InChI is InChI=1S/C15H21N3O5/c1-3-23-15(22)11-5-4-8-17(9-11)13(19)10(2)18-12(14(20)21)6-7-16-18/h6-7,10-11H,3-5,8-9H2,1-2H3,(H,20,21). The van der Waals surface area contributed by atoms with Crippen LogP contribution in [0.4, 0.5) is 0 Å². The smallest absolute Gasteiger partial charge is 0.354 e. The van der Waals surface area contributed by atoms with Crippen molar-refractivity contribution < 1.29 is 24.2 Å². The molecule has 8 nitrogen and oxygen atoms in total. The van der Waals surface area contributed by atoms with Crippen LogP contribution in [-0.4, -0.2) is 57.3 Å². The fourth-order valence-electron chi connectivity index (χ4n) is 2.79. The van der Waals surface area contributed by atoms with Crippen LogP contribution in [0.25, 0.3) is 0 Å². The number of carbonyl (C=O) groups is 3. The molecule has 2 rings (SSSR count). The van der Waals surface area contributed by atoms with Gasteiger partial charge in [-0.2, -0.15) is 5.10 Å². The highest BCUT2D eigenvalue weighted by Gasteiger charge is 2.32. The second-order valence-corrected chi connectivity index (χ2v) is 5.52. The van der Waals surface area contributed by atoms with Crippen LogP contribution in [0.5, 0.6) is 0 Å². The van der Waals surface area contributed by atoms with Crippen LogP contribution in [-0.2, 0) is 14.3 Å². The van der Waals surface area contributed by atoms with Gasteiger partial charge in [0.1, 0.15) is 11.7 Å².